The number of aromatic nitrogens is 7. The molecule has 6 aromatic rings. The van der Waals surface area contributed by atoms with Crippen LogP contribution in [0.25, 0.3) is 28.2 Å². The van der Waals surface area contributed by atoms with Crippen LogP contribution in [0.3, 0.4) is 0 Å². The summed E-state index contributed by atoms with van der Waals surface area (Å²) in [5.74, 6) is 1.18. The van der Waals surface area contributed by atoms with Gasteiger partial charge in [0.15, 0.2) is 5.65 Å². The number of imidazole rings is 1. The zero-order valence-corrected chi connectivity index (χ0v) is 25.1. The van der Waals surface area contributed by atoms with Crippen LogP contribution in [0.5, 0.6) is 0 Å². The largest absolute Gasteiger partial charge is 0.372 e. The van der Waals surface area contributed by atoms with E-state index in [-0.39, 0.29) is 0 Å². The number of piperidine rings is 1. The van der Waals surface area contributed by atoms with Gasteiger partial charge in [-0.1, -0.05) is 35.0 Å². The maximum Gasteiger partial charge on any atom is 0.156 e. The smallest absolute Gasteiger partial charge is 0.156 e. The highest BCUT2D eigenvalue weighted by Crippen LogP contribution is 2.40. The van der Waals surface area contributed by atoms with Crippen LogP contribution in [0.2, 0.25) is 0 Å². The second-order valence-corrected chi connectivity index (χ2v) is 10.9. The number of likely N-dealkylation sites (tertiary alicyclic amines) is 1. The second kappa shape index (κ2) is 13.0. The number of nitrogens with one attached hydrogen (secondary N) is 1. The molecule has 0 unspecified atom stereocenters. The average molecular weight is 590 g/mol. The van der Waals surface area contributed by atoms with Crippen LogP contribution in [-0.2, 0) is 13.6 Å². The van der Waals surface area contributed by atoms with Crippen LogP contribution in [0.4, 0.5) is 5.82 Å². The first-order valence-corrected chi connectivity index (χ1v) is 14.7. The first-order chi connectivity index (χ1) is 21.5. The number of fused-ring (bicyclic) bond motifs is 1. The molecule has 1 N–H and O–H groups in total. The Labute approximate surface area is 255 Å². The summed E-state index contributed by atoms with van der Waals surface area (Å²) in [4.78, 5) is 20.7. The van der Waals surface area contributed by atoms with Gasteiger partial charge in [-0.25, -0.2) is 9.50 Å². The van der Waals surface area contributed by atoms with Crippen molar-refractivity contribution in [3.05, 3.63) is 102 Å². The molecule has 7 rings (SSSR count). The number of aryl methyl sites for hydroxylation is 2. The van der Waals surface area contributed by atoms with Gasteiger partial charge in [-0.2, -0.15) is 10.2 Å². The zero-order valence-electron chi connectivity index (χ0n) is 25.1. The zero-order chi connectivity index (χ0) is 30.5. The number of aldehydes is 1. The SMILES string of the molecule is CNc1cn2nc(-c3c(-c4ccc(C)cc4)nn(C)c3C3CCN(Cc4ccon4)CC3)ccc2n1.O=Cc1ccncc1. The first kappa shape index (κ1) is 28.9. The van der Waals surface area contributed by atoms with E-state index in [1.807, 2.05) is 29.9 Å². The Balaban J connectivity index is 0.000000374. The summed E-state index contributed by atoms with van der Waals surface area (Å²) in [6.45, 7) is 4.93. The number of rotatable bonds is 7. The van der Waals surface area contributed by atoms with E-state index in [0.717, 1.165) is 78.4 Å². The third-order valence-corrected chi connectivity index (χ3v) is 7.94. The van der Waals surface area contributed by atoms with Gasteiger partial charge >= 0.3 is 0 Å². The van der Waals surface area contributed by atoms with Crippen molar-refractivity contribution in [3.63, 3.8) is 0 Å². The number of nitrogens with zero attached hydrogens (tertiary/aromatic N) is 8. The summed E-state index contributed by atoms with van der Waals surface area (Å²) in [6.07, 6.45) is 9.63. The van der Waals surface area contributed by atoms with E-state index in [1.165, 1.54) is 11.3 Å². The average Bonchev–Trinajstić information content (AvgIpc) is 3.81. The van der Waals surface area contributed by atoms with E-state index < -0.39 is 0 Å². The molecule has 1 aliphatic rings. The lowest BCUT2D eigenvalue weighted by atomic mass is 9.88. The molecule has 0 radical (unpaired) electrons. The molecule has 44 heavy (non-hydrogen) atoms. The van der Waals surface area contributed by atoms with Crippen molar-refractivity contribution in [2.75, 3.05) is 25.5 Å². The Morgan fingerprint density at radius 3 is 2.43 bits per heavy atom. The Kier molecular flexibility index (Phi) is 8.55. The molecule has 5 aromatic heterocycles. The molecule has 1 aliphatic heterocycles. The second-order valence-electron chi connectivity index (χ2n) is 10.9. The lowest BCUT2D eigenvalue weighted by Crippen LogP contribution is -2.33. The van der Waals surface area contributed by atoms with E-state index in [4.69, 9.17) is 14.7 Å². The van der Waals surface area contributed by atoms with Crippen molar-refractivity contribution in [3.8, 4) is 22.5 Å². The van der Waals surface area contributed by atoms with Gasteiger partial charge in [0.2, 0.25) is 0 Å². The summed E-state index contributed by atoms with van der Waals surface area (Å²) in [7, 11) is 3.93. The number of hydrogen-bond acceptors (Lipinski definition) is 9. The molecule has 0 amide bonds. The lowest BCUT2D eigenvalue weighted by Gasteiger charge is -2.31. The van der Waals surface area contributed by atoms with Gasteiger partial charge < -0.3 is 9.84 Å². The molecule has 0 bridgehead atoms. The predicted octanol–water partition coefficient (Wildman–Crippen LogP) is 5.41. The lowest BCUT2D eigenvalue weighted by molar-refractivity contribution is 0.112. The number of hydrogen-bond donors (Lipinski definition) is 1. The third-order valence-electron chi connectivity index (χ3n) is 7.94. The molecule has 224 valence electrons. The van der Waals surface area contributed by atoms with E-state index in [1.54, 1.807) is 30.8 Å². The quantitative estimate of drug-likeness (QED) is 0.244. The van der Waals surface area contributed by atoms with Crippen molar-refractivity contribution in [1.82, 2.24) is 39.4 Å². The van der Waals surface area contributed by atoms with Crippen molar-refractivity contribution in [2.45, 2.75) is 32.2 Å². The van der Waals surface area contributed by atoms with Crippen LogP contribution in [0.15, 0.2) is 84.0 Å². The van der Waals surface area contributed by atoms with Gasteiger partial charge in [0, 0.05) is 56.1 Å². The Morgan fingerprint density at radius 2 is 1.77 bits per heavy atom. The van der Waals surface area contributed by atoms with Crippen LogP contribution in [0, 0.1) is 6.92 Å². The summed E-state index contributed by atoms with van der Waals surface area (Å²) in [5, 5.41) is 17.2. The standard InChI is InChI=1S/C27H30N8O.C6H5NO/c1-18-4-6-19(7-5-18)26-25(22-8-9-24-29-23(28-2)17-35(24)30-22)27(33(3)31-26)20-10-13-34(14-11-20)16-21-12-15-36-32-21;8-5-6-1-3-7-4-2-6/h4-9,12,15,17,20,28H,10-11,13-14,16H2,1-3H3;1-5H. The third kappa shape index (κ3) is 6.28. The summed E-state index contributed by atoms with van der Waals surface area (Å²) in [6, 6.07) is 17.9. The summed E-state index contributed by atoms with van der Waals surface area (Å²) >= 11 is 0. The van der Waals surface area contributed by atoms with Crippen molar-refractivity contribution < 1.29 is 9.32 Å². The normalized spacial score (nSPS) is 13.9. The summed E-state index contributed by atoms with van der Waals surface area (Å²) in [5.41, 5.74) is 9.02. The Bertz CT molecular complexity index is 1820. The minimum absolute atomic E-state index is 0.387. The number of carbonyl (C=O) groups is 1. The molecule has 0 spiro atoms. The highest BCUT2D eigenvalue weighted by atomic mass is 16.5. The number of pyridine rings is 1. The van der Waals surface area contributed by atoms with Crippen LogP contribution < -0.4 is 5.32 Å². The molecule has 6 heterocycles. The minimum atomic E-state index is 0.387. The topological polar surface area (TPSA) is 119 Å². The highest BCUT2D eigenvalue weighted by Gasteiger charge is 2.30. The Morgan fingerprint density at radius 1 is 1.00 bits per heavy atom. The predicted molar refractivity (Wildman–Crippen MR) is 168 cm³/mol. The minimum Gasteiger partial charge on any atom is -0.372 e. The van der Waals surface area contributed by atoms with Gasteiger partial charge in [-0.15, -0.1) is 0 Å². The number of benzene rings is 1. The van der Waals surface area contributed by atoms with Gasteiger partial charge in [-0.05, 0) is 57.1 Å². The van der Waals surface area contributed by atoms with Crippen LogP contribution in [-0.4, -0.2) is 65.8 Å². The molecule has 11 nitrogen and oxygen atoms in total. The van der Waals surface area contributed by atoms with E-state index in [0.29, 0.717) is 11.5 Å². The molecule has 0 atom stereocenters. The molecular formula is C33H35N9O2. The van der Waals surface area contributed by atoms with Crippen molar-refractivity contribution >= 4 is 17.8 Å². The van der Waals surface area contributed by atoms with E-state index >= 15 is 0 Å². The highest BCUT2D eigenvalue weighted by molar-refractivity contribution is 5.82. The van der Waals surface area contributed by atoms with Gasteiger partial charge in [-0.3, -0.25) is 19.4 Å². The molecular weight excluding hydrogens is 554 g/mol. The molecule has 0 saturated carbocycles. The molecule has 1 aromatic carbocycles. The van der Waals surface area contributed by atoms with E-state index in [2.05, 4.69) is 74.3 Å². The maximum absolute atomic E-state index is 9.98. The van der Waals surface area contributed by atoms with Crippen LogP contribution >= 0.6 is 0 Å². The monoisotopic (exact) mass is 589 g/mol. The van der Waals surface area contributed by atoms with Crippen molar-refractivity contribution in [1.29, 1.82) is 0 Å². The van der Waals surface area contributed by atoms with Crippen LogP contribution in [0.1, 0.15) is 46.1 Å². The molecule has 1 fully saturated rings. The van der Waals surface area contributed by atoms with Gasteiger partial charge in [0.1, 0.15) is 24.1 Å². The fourth-order valence-corrected chi connectivity index (χ4v) is 5.66. The Hall–Kier alpha value is -5.16. The van der Waals surface area contributed by atoms with Gasteiger partial charge in [0.25, 0.3) is 0 Å². The maximum atomic E-state index is 9.98. The number of carbonyl (C=O) groups excluding carboxylic acids is 1. The molecule has 1 saturated heterocycles. The van der Waals surface area contributed by atoms with Gasteiger partial charge in [0.05, 0.1) is 28.8 Å². The first-order valence-electron chi connectivity index (χ1n) is 14.7. The molecule has 0 aliphatic carbocycles. The number of anilines is 1. The van der Waals surface area contributed by atoms with Crippen molar-refractivity contribution in [2.24, 2.45) is 7.05 Å². The summed E-state index contributed by atoms with van der Waals surface area (Å²) < 4.78 is 8.93. The fraction of sp³-hybridized carbons (Fsp3) is 0.273. The molecule has 11 heteroatoms. The fourth-order valence-electron chi connectivity index (χ4n) is 5.66. The van der Waals surface area contributed by atoms with E-state index in [9.17, 15) is 4.79 Å².